The minimum absolute atomic E-state index is 0.0634. The standard InChI is InChI=1S/C17H13BrF2N2O2/c1-22-8-21-16-14(22)7-12(17(23)24-2)11(15(16)20)5-9-3-4-10(18)6-13(9)19/h3-4,6-8H,5H2,1-2H3. The molecule has 7 heteroatoms. The van der Waals surface area contributed by atoms with Gasteiger partial charge in [0.05, 0.1) is 24.5 Å². The van der Waals surface area contributed by atoms with Gasteiger partial charge in [-0.1, -0.05) is 22.0 Å². The molecule has 0 bridgehead atoms. The van der Waals surface area contributed by atoms with Gasteiger partial charge in [0.15, 0.2) is 5.82 Å². The summed E-state index contributed by atoms with van der Waals surface area (Å²) in [4.78, 5) is 16.1. The fraction of sp³-hybridized carbons (Fsp3) is 0.176. The van der Waals surface area contributed by atoms with Crippen LogP contribution in [0.3, 0.4) is 0 Å². The van der Waals surface area contributed by atoms with Crippen LogP contribution in [0.15, 0.2) is 35.1 Å². The Hall–Kier alpha value is -2.28. The molecule has 124 valence electrons. The molecule has 0 radical (unpaired) electrons. The molecule has 0 aliphatic carbocycles. The normalized spacial score (nSPS) is 11.0. The largest absolute Gasteiger partial charge is 0.465 e. The molecule has 0 amide bonds. The van der Waals surface area contributed by atoms with E-state index in [0.29, 0.717) is 9.99 Å². The van der Waals surface area contributed by atoms with Crippen molar-refractivity contribution < 1.29 is 18.3 Å². The average molecular weight is 395 g/mol. The predicted molar refractivity (Wildman–Crippen MR) is 88.9 cm³/mol. The third-order valence-corrected chi connectivity index (χ3v) is 4.34. The van der Waals surface area contributed by atoms with Gasteiger partial charge in [-0.3, -0.25) is 0 Å². The number of imidazole rings is 1. The maximum atomic E-state index is 14.9. The first-order valence-corrected chi connectivity index (χ1v) is 7.86. The van der Waals surface area contributed by atoms with E-state index in [4.69, 9.17) is 4.74 Å². The molecular weight excluding hydrogens is 382 g/mol. The maximum Gasteiger partial charge on any atom is 0.338 e. The highest BCUT2D eigenvalue weighted by atomic mass is 79.9. The highest BCUT2D eigenvalue weighted by molar-refractivity contribution is 9.10. The van der Waals surface area contributed by atoms with Crippen molar-refractivity contribution in [2.75, 3.05) is 7.11 Å². The highest BCUT2D eigenvalue weighted by Crippen LogP contribution is 2.28. The van der Waals surface area contributed by atoms with Crippen LogP contribution in [0.25, 0.3) is 11.0 Å². The number of halogens is 3. The number of methoxy groups -OCH3 is 1. The Morgan fingerprint density at radius 1 is 1.33 bits per heavy atom. The van der Waals surface area contributed by atoms with Crippen molar-refractivity contribution in [2.45, 2.75) is 6.42 Å². The van der Waals surface area contributed by atoms with E-state index in [0.717, 1.165) is 0 Å². The Morgan fingerprint density at radius 3 is 2.75 bits per heavy atom. The van der Waals surface area contributed by atoms with E-state index in [1.165, 1.54) is 25.6 Å². The number of carbonyl (C=O) groups excluding carboxylic acids is 1. The van der Waals surface area contributed by atoms with Crippen LogP contribution in [-0.2, 0) is 18.2 Å². The number of hydrogen-bond acceptors (Lipinski definition) is 3. The lowest BCUT2D eigenvalue weighted by Crippen LogP contribution is -2.10. The van der Waals surface area contributed by atoms with Gasteiger partial charge in [0.1, 0.15) is 11.3 Å². The van der Waals surface area contributed by atoms with Gasteiger partial charge >= 0.3 is 5.97 Å². The number of ether oxygens (including phenoxy) is 1. The quantitative estimate of drug-likeness (QED) is 0.630. The van der Waals surface area contributed by atoms with Gasteiger partial charge in [-0.05, 0) is 23.8 Å². The first kappa shape index (κ1) is 16.6. The molecule has 0 atom stereocenters. The molecule has 0 unspecified atom stereocenters. The van der Waals surface area contributed by atoms with Gasteiger partial charge in [-0.25, -0.2) is 18.6 Å². The number of nitrogens with zero attached hydrogens (tertiary/aromatic N) is 2. The van der Waals surface area contributed by atoms with Crippen molar-refractivity contribution in [1.82, 2.24) is 9.55 Å². The third-order valence-electron chi connectivity index (χ3n) is 3.85. The summed E-state index contributed by atoms with van der Waals surface area (Å²) in [5, 5.41) is 0. The molecule has 1 heterocycles. The number of rotatable bonds is 3. The van der Waals surface area contributed by atoms with E-state index in [9.17, 15) is 13.6 Å². The lowest BCUT2D eigenvalue weighted by molar-refractivity contribution is 0.0599. The number of benzene rings is 2. The molecule has 1 aromatic heterocycles. The molecule has 0 saturated heterocycles. The number of fused-ring (bicyclic) bond motifs is 1. The van der Waals surface area contributed by atoms with Crippen LogP contribution in [0, 0.1) is 11.6 Å². The molecule has 0 spiro atoms. The Bertz CT molecular complexity index is 953. The van der Waals surface area contributed by atoms with Gasteiger partial charge in [-0.2, -0.15) is 0 Å². The zero-order valence-corrected chi connectivity index (χ0v) is 14.5. The summed E-state index contributed by atoms with van der Waals surface area (Å²) in [5.74, 6) is -1.80. The highest BCUT2D eigenvalue weighted by Gasteiger charge is 2.22. The van der Waals surface area contributed by atoms with Crippen molar-refractivity contribution in [3.8, 4) is 0 Å². The first-order valence-electron chi connectivity index (χ1n) is 7.07. The molecular formula is C17H13BrF2N2O2. The van der Waals surface area contributed by atoms with E-state index >= 15 is 0 Å². The third kappa shape index (κ3) is 2.80. The van der Waals surface area contributed by atoms with Gasteiger partial charge in [-0.15, -0.1) is 0 Å². The minimum Gasteiger partial charge on any atom is -0.465 e. The molecule has 0 N–H and O–H groups in total. The van der Waals surface area contributed by atoms with Crippen LogP contribution in [0.1, 0.15) is 21.5 Å². The Balaban J connectivity index is 2.21. The number of esters is 1. The molecule has 24 heavy (non-hydrogen) atoms. The Morgan fingerprint density at radius 2 is 2.08 bits per heavy atom. The monoisotopic (exact) mass is 394 g/mol. The Kier molecular flexibility index (Phi) is 4.36. The molecule has 0 aliphatic rings. The smallest absolute Gasteiger partial charge is 0.338 e. The molecule has 0 aliphatic heterocycles. The fourth-order valence-electron chi connectivity index (χ4n) is 2.58. The van der Waals surface area contributed by atoms with E-state index in [-0.39, 0.29) is 28.6 Å². The zero-order chi connectivity index (χ0) is 17.4. The summed E-state index contributed by atoms with van der Waals surface area (Å²) in [5.41, 5.74) is 1.01. The van der Waals surface area contributed by atoms with Crippen LogP contribution in [0.4, 0.5) is 8.78 Å². The molecule has 2 aromatic carbocycles. The summed E-state index contributed by atoms with van der Waals surface area (Å²) < 4.78 is 36.0. The summed E-state index contributed by atoms with van der Waals surface area (Å²) in [7, 11) is 2.92. The van der Waals surface area contributed by atoms with Gasteiger partial charge in [0, 0.05) is 23.5 Å². The molecule has 0 fully saturated rings. The second-order valence-electron chi connectivity index (χ2n) is 5.34. The summed E-state index contributed by atoms with van der Waals surface area (Å²) in [6.45, 7) is 0. The van der Waals surface area contributed by atoms with Gasteiger partial charge in [0.25, 0.3) is 0 Å². The van der Waals surface area contributed by atoms with Crippen LogP contribution >= 0.6 is 15.9 Å². The topological polar surface area (TPSA) is 44.1 Å². The van der Waals surface area contributed by atoms with Crippen molar-refractivity contribution in [1.29, 1.82) is 0 Å². The number of aromatic nitrogens is 2. The summed E-state index contributed by atoms with van der Waals surface area (Å²) >= 11 is 3.18. The molecule has 3 rings (SSSR count). The lowest BCUT2D eigenvalue weighted by atomic mass is 9.97. The van der Waals surface area contributed by atoms with Crippen LogP contribution in [0.5, 0.6) is 0 Å². The van der Waals surface area contributed by atoms with E-state index in [1.807, 2.05) is 0 Å². The Labute approximate surface area is 145 Å². The first-order chi connectivity index (χ1) is 11.4. The second kappa shape index (κ2) is 6.32. The number of hydrogen-bond donors (Lipinski definition) is 0. The van der Waals surface area contributed by atoms with Gasteiger partial charge < -0.3 is 9.30 Å². The van der Waals surface area contributed by atoms with Crippen molar-refractivity contribution in [2.24, 2.45) is 7.05 Å². The predicted octanol–water partition coefficient (Wildman–Crippen LogP) is 3.99. The number of aryl methyl sites for hydroxylation is 1. The second-order valence-corrected chi connectivity index (χ2v) is 6.26. The van der Waals surface area contributed by atoms with Crippen LogP contribution in [0.2, 0.25) is 0 Å². The zero-order valence-electron chi connectivity index (χ0n) is 12.9. The van der Waals surface area contributed by atoms with E-state index in [1.54, 1.807) is 23.7 Å². The number of carbonyl (C=O) groups is 1. The summed E-state index contributed by atoms with van der Waals surface area (Å²) in [6, 6.07) is 6.02. The lowest BCUT2D eigenvalue weighted by Gasteiger charge is -2.11. The fourth-order valence-corrected chi connectivity index (χ4v) is 2.92. The average Bonchev–Trinajstić information content (AvgIpc) is 2.92. The molecule has 3 aromatic rings. The molecule has 4 nitrogen and oxygen atoms in total. The SMILES string of the molecule is COC(=O)c1cc2c(ncn2C)c(F)c1Cc1ccc(Br)cc1F. The summed E-state index contributed by atoms with van der Waals surface area (Å²) in [6.07, 6.45) is 1.38. The van der Waals surface area contributed by atoms with Crippen molar-refractivity contribution in [3.05, 3.63) is 63.4 Å². The van der Waals surface area contributed by atoms with Crippen molar-refractivity contribution >= 4 is 32.9 Å². The van der Waals surface area contributed by atoms with Gasteiger partial charge in [0.2, 0.25) is 0 Å². The molecule has 0 saturated carbocycles. The van der Waals surface area contributed by atoms with Crippen molar-refractivity contribution in [3.63, 3.8) is 0 Å². The van der Waals surface area contributed by atoms with E-state index in [2.05, 4.69) is 20.9 Å². The minimum atomic E-state index is -0.676. The maximum absolute atomic E-state index is 14.9. The van der Waals surface area contributed by atoms with E-state index < -0.39 is 17.6 Å². The van der Waals surface area contributed by atoms with Crippen LogP contribution in [-0.4, -0.2) is 22.6 Å². The van der Waals surface area contributed by atoms with Crippen LogP contribution < -0.4 is 0 Å².